The maximum absolute atomic E-state index is 6.49. The first-order chi connectivity index (χ1) is 24.7. The molecule has 0 amide bonds. The van der Waals surface area contributed by atoms with Crippen molar-refractivity contribution < 1.29 is 18.9 Å². The Morgan fingerprint density at radius 3 is 1.00 bits per heavy atom. The van der Waals surface area contributed by atoms with E-state index in [9.17, 15) is 0 Å². The molecule has 0 N–H and O–H groups in total. The molecule has 2 aromatic carbocycles. The lowest BCUT2D eigenvalue weighted by Crippen LogP contribution is -2.03. The zero-order valence-corrected chi connectivity index (χ0v) is 31.3. The predicted octanol–water partition coefficient (Wildman–Crippen LogP) is 13.8. The van der Waals surface area contributed by atoms with Crippen molar-refractivity contribution in [2.24, 2.45) is 0 Å². The summed E-state index contributed by atoms with van der Waals surface area (Å²) < 4.78 is 26.0. The van der Waals surface area contributed by atoms with E-state index in [-0.39, 0.29) is 0 Å². The van der Waals surface area contributed by atoms with E-state index in [1.165, 1.54) is 9.75 Å². The van der Waals surface area contributed by atoms with Crippen LogP contribution < -0.4 is 18.9 Å². The molecule has 4 aromatic rings. The highest BCUT2D eigenvalue weighted by Gasteiger charge is 2.24. The van der Waals surface area contributed by atoms with E-state index in [0.29, 0.717) is 26.4 Å². The summed E-state index contributed by atoms with van der Waals surface area (Å²) in [5.41, 5.74) is 4.22. The Bertz CT molecular complexity index is 1420. The third kappa shape index (κ3) is 11.5. The minimum absolute atomic E-state index is 0.637. The molecule has 0 radical (unpaired) electrons. The van der Waals surface area contributed by atoms with E-state index in [1.807, 2.05) is 36.4 Å². The summed E-state index contributed by atoms with van der Waals surface area (Å²) in [7, 11) is 0. The summed E-state index contributed by atoms with van der Waals surface area (Å²) in [4.78, 5) is 2.35. The van der Waals surface area contributed by atoms with Crippen LogP contribution in [0.2, 0.25) is 0 Å². The number of hydrogen-bond donors (Lipinski definition) is 0. The van der Waals surface area contributed by atoms with E-state index in [4.69, 9.17) is 18.9 Å². The van der Waals surface area contributed by atoms with Crippen molar-refractivity contribution in [2.45, 2.75) is 77.0 Å². The molecule has 2 heterocycles. The summed E-state index contributed by atoms with van der Waals surface area (Å²) in [6.07, 6.45) is 19.9. The molecule has 0 bridgehead atoms. The van der Waals surface area contributed by atoms with Gasteiger partial charge in [-0.1, -0.05) is 36.4 Å². The summed E-state index contributed by atoms with van der Waals surface area (Å²) in [5, 5.41) is 4.34. The fraction of sp³-hybridized carbons (Fsp3) is 0.364. The molecule has 2 aromatic heterocycles. The number of allylic oxidation sites excluding steroid dienone is 4. The van der Waals surface area contributed by atoms with E-state index < -0.39 is 0 Å². The summed E-state index contributed by atoms with van der Waals surface area (Å²) in [6.45, 7) is 18.0. The fourth-order valence-corrected chi connectivity index (χ4v) is 7.69. The molecule has 50 heavy (non-hydrogen) atoms. The Balaban J connectivity index is 1.73. The van der Waals surface area contributed by atoms with Gasteiger partial charge in [-0.2, -0.15) is 0 Å². The SMILES string of the molecule is C=CCCCCOc1cccc(OCCCCC=C)c1-c1ccsc1-c1sccc1-c1c(OCCCCC=C)cccc1OCCCCC=C. The Morgan fingerprint density at radius 1 is 0.420 bits per heavy atom. The Hall–Kier alpha value is -4.00. The predicted molar refractivity (Wildman–Crippen MR) is 217 cm³/mol. The van der Waals surface area contributed by atoms with E-state index in [2.05, 4.69) is 73.5 Å². The molecule has 0 saturated heterocycles. The summed E-state index contributed by atoms with van der Waals surface area (Å²) in [5.74, 6) is 3.38. The van der Waals surface area contributed by atoms with Crippen molar-refractivity contribution in [1.82, 2.24) is 0 Å². The largest absolute Gasteiger partial charge is 0.493 e. The zero-order chi connectivity index (χ0) is 35.2. The Labute approximate surface area is 308 Å². The highest BCUT2D eigenvalue weighted by Crippen LogP contribution is 2.52. The van der Waals surface area contributed by atoms with Gasteiger partial charge in [-0.25, -0.2) is 0 Å². The first kappa shape index (κ1) is 38.8. The summed E-state index contributed by atoms with van der Waals surface area (Å²) >= 11 is 3.48. The summed E-state index contributed by atoms with van der Waals surface area (Å²) in [6, 6.07) is 16.7. The van der Waals surface area contributed by atoms with Crippen LogP contribution in [0, 0.1) is 0 Å². The lowest BCUT2D eigenvalue weighted by atomic mass is 9.99. The van der Waals surface area contributed by atoms with Gasteiger partial charge >= 0.3 is 0 Å². The quantitative estimate of drug-likeness (QED) is 0.0456. The molecule has 4 nitrogen and oxygen atoms in total. The van der Waals surface area contributed by atoms with Crippen molar-refractivity contribution in [2.75, 3.05) is 26.4 Å². The standard InChI is InChI=1S/C44H54O4S2/c1-5-9-13-17-29-45-37-23-21-24-38(46-30-18-14-10-6-2)41(37)35-27-33-49-43(35)44-36(28-34-50-44)42-39(47-31-19-15-11-7-3)25-22-26-40(42)48-32-20-16-12-8-4/h5-8,21-28,33-34H,1-4,9-20,29-32H2. The van der Waals surface area contributed by atoms with Gasteiger partial charge in [-0.05, 0) is 124 Å². The van der Waals surface area contributed by atoms with E-state index >= 15 is 0 Å². The monoisotopic (exact) mass is 710 g/mol. The maximum Gasteiger partial charge on any atom is 0.130 e. The number of benzene rings is 2. The molecular weight excluding hydrogens is 657 g/mol. The fourth-order valence-electron chi connectivity index (χ4n) is 5.69. The lowest BCUT2D eigenvalue weighted by Gasteiger charge is -2.19. The van der Waals surface area contributed by atoms with Crippen LogP contribution in [-0.2, 0) is 0 Å². The number of thiophene rings is 2. The third-order valence-corrected chi connectivity index (χ3v) is 10.3. The van der Waals surface area contributed by atoms with Crippen molar-refractivity contribution in [3.05, 3.63) is 110 Å². The second-order valence-corrected chi connectivity index (χ2v) is 13.9. The van der Waals surface area contributed by atoms with Crippen LogP contribution in [0.1, 0.15) is 77.0 Å². The van der Waals surface area contributed by atoms with Crippen molar-refractivity contribution >= 4 is 22.7 Å². The van der Waals surface area contributed by atoms with Crippen molar-refractivity contribution in [3.8, 4) is 55.0 Å². The van der Waals surface area contributed by atoms with Crippen LogP contribution in [0.15, 0.2) is 110 Å². The van der Waals surface area contributed by atoms with Gasteiger partial charge in [-0.15, -0.1) is 49.0 Å². The topological polar surface area (TPSA) is 36.9 Å². The van der Waals surface area contributed by atoms with Crippen molar-refractivity contribution in [3.63, 3.8) is 0 Å². The minimum atomic E-state index is 0.637. The van der Waals surface area contributed by atoms with Gasteiger partial charge in [0.2, 0.25) is 0 Å². The van der Waals surface area contributed by atoms with Crippen LogP contribution in [0.3, 0.4) is 0 Å². The number of ether oxygens (including phenoxy) is 4. The van der Waals surface area contributed by atoms with E-state index in [0.717, 1.165) is 122 Å². The lowest BCUT2D eigenvalue weighted by molar-refractivity contribution is 0.294. The molecule has 0 aliphatic carbocycles. The van der Waals surface area contributed by atoms with E-state index in [1.54, 1.807) is 22.7 Å². The normalized spacial score (nSPS) is 10.8. The molecule has 0 atom stereocenters. The minimum Gasteiger partial charge on any atom is -0.493 e. The Morgan fingerprint density at radius 2 is 0.720 bits per heavy atom. The first-order valence-corrected chi connectivity index (χ1v) is 19.9. The molecule has 0 spiro atoms. The maximum atomic E-state index is 6.49. The zero-order valence-electron chi connectivity index (χ0n) is 29.7. The molecule has 0 unspecified atom stereocenters. The average Bonchev–Trinajstić information content (AvgIpc) is 3.81. The first-order valence-electron chi connectivity index (χ1n) is 18.1. The van der Waals surface area contributed by atoms with Gasteiger partial charge in [-0.3, -0.25) is 0 Å². The molecule has 0 fully saturated rings. The third-order valence-electron chi connectivity index (χ3n) is 8.29. The van der Waals surface area contributed by atoms with Crippen LogP contribution in [0.25, 0.3) is 32.0 Å². The molecule has 4 rings (SSSR count). The van der Waals surface area contributed by atoms with Crippen LogP contribution in [-0.4, -0.2) is 26.4 Å². The highest BCUT2D eigenvalue weighted by molar-refractivity contribution is 7.21. The second kappa shape index (κ2) is 22.7. The smallest absolute Gasteiger partial charge is 0.130 e. The highest BCUT2D eigenvalue weighted by atomic mass is 32.1. The number of rotatable bonds is 27. The number of hydrogen-bond acceptors (Lipinski definition) is 6. The molecular formula is C44H54O4S2. The van der Waals surface area contributed by atoms with Crippen LogP contribution in [0.5, 0.6) is 23.0 Å². The molecule has 0 aliphatic heterocycles. The number of unbranched alkanes of at least 4 members (excludes halogenated alkanes) is 8. The van der Waals surface area contributed by atoms with Gasteiger partial charge < -0.3 is 18.9 Å². The van der Waals surface area contributed by atoms with Gasteiger partial charge in [0.05, 0.1) is 47.3 Å². The van der Waals surface area contributed by atoms with Gasteiger partial charge in [0, 0.05) is 11.1 Å². The second-order valence-electron chi connectivity index (χ2n) is 12.1. The van der Waals surface area contributed by atoms with Gasteiger partial charge in [0.25, 0.3) is 0 Å². The molecule has 266 valence electrons. The van der Waals surface area contributed by atoms with Crippen LogP contribution in [0.4, 0.5) is 0 Å². The van der Waals surface area contributed by atoms with Crippen LogP contribution >= 0.6 is 22.7 Å². The molecule has 6 heteroatoms. The van der Waals surface area contributed by atoms with Crippen molar-refractivity contribution in [1.29, 1.82) is 0 Å². The molecule has 0 aliphatic rings. The Kier molecular flexibility index (Phi) is 17.6. The average molecular weight is 711 g/mol. The molecule has 0 saturated carbocycles. The van der Waals surface area contributed by atoms with Gasteiger partial charge in [0.1, 0.15) is 23.0 Å². The van der Waals surface area contributed by atoms with Gasteiger partial charge in [0.15, 0.2) is 0 Å².